The van der Waals surface area contributed by atoms with Crippen molar-refractivity contribution in [1.29, 1.82) is 0 Å². The van der Waals surface area contributed by atoms with E-state index in [1.54, 1.807) is 7.05 Å². The first-order chi connectivity index (χ1) is 18.3. The van der Waals surface area contributed by atoms with E-state index in [-0.39, 0.29) is 38.0 Å². The van der Waals surface area contributed by atoms with Crippen molar-refractivity contribution < 1.29 is 58.6 Å². The second kappa shape index (κ2) is 12.8. The summed E-state index contributed by atoms with van der Waals surface area (Å²) in [5.41, 5.74) is 0.0764. The number of likely N-dealkylation sites (tertiary alicyclic amines) is 1. The summed E-state index contributed by atoms with van der Waals surface area (Å²) in [6, 6.07) is 3.72. The van der Waals surface area contributed by atoms with Crippen molar-refractivity contribution in [2.45, 2.75) is 88.1 Å². The Morgan fingerprint density at radius 1 is 1.02 bits per heavy atom. The van der Waals surface area contributed by atoms with Crippen LogP contribution in [-0.4, -0.2) is 66.2 Å². The van der Waals surface area contributed by atoms with E-state index in [1.807, 2.05) is 11.8 Å². The normalized spacial score (nSPS) is 18.4. The molecule has 2 aliphatic rings. The molecule has 1 amide bonds. The number of piperidine rings is 1. The molecule has 6 nitrogen and oxygen atoms in total. The van der Waals surface area contributed by atoms with Crippen LogP contribution in [0.2, 0.25) is 0 Å². The molecule has 1 heterocycles. The minimum absolute atomic E-state index is 0.0188. The lowest BCUT2D eigenvalue weighted by atomic mass is 9.86. The van der Waals surface area contributed by atoms with Gasteiger partial charge in [-0.25, -0.2) is 4.79 Å². The summed E-state index contributed by atoms with van der Waals surface area (Å²) in [4.78, 5) is 31.0. The summed E-state index contributed by atoms with van der Waals surface area (Å²) in [6.07, 6.45) is -17.8. The zero-order chi connectivity index (χ0) is 30.5. The van der Waals surface area contributed by atoms with Crippen LogP contribution in [0, 0.1) is 0 Å². The molecule has 1 aromatic carbocycles. The van der Waals surface area contributed by atoms with Crippen LogP contribution in [-0.2, 0) is 27.0 Å². The largest absolute Gasteiger partial charge is 0.434 e. The predicted molar refractivity (Wildman–Crippen MR) is 121 cm³/mol. The van der Waals surface area contributed by atoms with Crippen molar-refractivity contribution in [3.63, 3.8) is 0 Å². The van der Waals surface area contributed by atoms with Gasteiger partial charge < -0.3 is 9.64 Å². The Morgan fingerprint density at radius 2 is 1.52 bits per heavy atom. The van der Waals surface area contributed by atoms with Crippen LogP contribution in [0.4, 0.5) is 44.3 Å². The minimum atomic E-state index is -5.79. The molecule has 1 saturated heterocycles. The van der Waals surface area contributed by atoms with Crippen LogP contribution in [0.1, 0.15) is 68.1 Å². The Hall–Kier alpha value is -2.80. The molecule has 1 saturated carbocycles. The summed E-state index contributed by atoms with van der Waals surface area (Å²) in [5.74, 6) is 0.0188. The number of rotatable bonds is 5. The van der Waals surface area contributed by atoms with Gasteiger partial charge in [0.2, 0.25) is 0 Å². The average molecular weight is 592 g/mol. The number of halogens is 9. The van der Waals surface area contributed by atoms with Crippen LogP contribution < -0.4 is 0 Å². The zero-order valence-corrected chi connectivity index (χ0v) is 21.7. The Kier molecular flexibility index (Phi) is 10.7. The van der Waals surface area contributed by atoms with Gasteiger partial charge in [0.05, 0.1) is 5.56 Å². The van der Waals surface area contributed by atoms with E-state index >= 15 is 0 Å². The van der Waals surface area contributed by atoms with Crippen molar-refractivity contribution in [2.75, 3.05) is 20.1 Å². The summed E-state index contributed by atoms with van der Waals surface area (Å²) in [7, 11) is 1.76. The summed E-state index contributed by atoms with van der Waals surface area (Å²) < 4.78 is 120. The zero-order valence-electron chi connectivity index (χ0n) is 21.7. The van der Waals surface area contributed by atoms with Gasteiger partial charge in [-0.2, -0.15) is 49.1 Å². The third kappa shape index (κ3) is 8.60. The monoisotopic (exact) mass is 592 g/mol. The van der Waals surface area contributed by atoms with Crippen molar-refractivity contribution in [2.24, 2.45) is 0 Å². The van der Waals surface area contributed by atoms with Gasteiger partial charge in [0.15, 0.2) is 0 Å². The van der Waals surface area contributed by atoms with Gasteiger partial charge in [0.1, 0.15) is 0 Å². The molecule has 40 heavy (non-hydrogen) atoms. The van der Waals surface area contributed by atoms with Crippen LogP contribution >= 0.6 is 0 Å². The molecule has 0 N–H and O–H groups in total. The number of carbonyl (C=O) groups excluding carboxylic acids is 3. The van der Waals surface area contributed by atoms with E-state index in [4.69, 9.17) is 9.59 Å². The standard InChI is InChI=1S/C24H29F9N2O2.CO2/c1-21(9-11-35(12-10-21)20(36)37-19(23(28,29)30)24(31,32)33)34(2)14-16-7-8-17(22(25,26)27)13-18(16)15-5-3-4-6-15;2-1-3/h7-8,13,15,19H,3-6,9-12,14H2,1-2H3;. The molecular formula is C25H29F9N2O4. The van der Waals surface area contributed by atoms with Gasteiger partial charge in [-0.3, -0.25) is 4.90 Å². The van der Waals surface area contributed by atoms with Crippen LogP contribution in [0.3, 0.4) is 0 Å². The second-order valence-electron chi connectivity index (χ2n) is 10.2. The van der Waals surface area contributed by atoms with Crippen LogP contribution in [0.15, 0.2) is 18.2 Å². The number of nitrogens with zero attached hydrogens (tertiary/aromatic N) is 2. The highest BCUT2D eigenvalue weighted by Gasteiger charge is 2.60. The van der Waals surface area contributed by atoms with Gasteiger partial charge in [-0.05, 0) is 68.8 Å². The quantitative estimate of drug-likeness (QED) is 0.357. The highest BCUT2D eigenvalue weighted by atomic mass is 19.4. The molecule has 15 heteroatoms. The predicted octanol–water partition coefficient (Wildman–Crippen LogP) is 6.70. The molecule has 0 radical (unpaired) electrons. The SMILES string of the molecule is CN(Cc1ccc(C(F)(F)F)cc1C1CCCC1)C1(C)CCN(C(=O)OC(C(F)(F)F)C(F)(F)F)CC1.O=C=O. The van der Waals surface area contributed by atoms with E-state index < -0.39 is 41.8 Å². The molecule has 1 aliphatic heterocycles. The topological polar surface area (TPSA) is 66.9 Å². The molecular weight excluding hydrogens is 563 g/mol. The lowest BCUT2D eigenvalue weighted by molar-refractivity contribution is -0.308. The molecule has 0 bridgehead atoms. The number of benzene rings is 1. The van der Waals surface area contributed by atoms with E-state index in [2.05, 4.69) is 4.74 Å². The van der Waals surface area contributed by atoms with Crippen molar-refractivity contribution >= 4 is 12.2 Å². The van der Waals surface area contributed by atoms with Gasteiger partial charge in [-0.1, -0.05) is 18.9 Å². The van der Waals surface area contributed by atoms with E-state index in [1.165, 1.54) is 12.1 Å². The number of amides is 1. The highest BCUT2D eigenvalue weighted by molar-refractivity contribution is 5.68. The fourth-order valence-corrected chi connectivity index (χ4v) is 5.03. The summed E-state index contributed by atoms with van der Waals surface area (Å²) >= 11 is 0. The summed E-state index contributed by atoms with van der Waals surface area (Å²) in [5, 5.41) is 0. The van der Waals surface area contributed by atoms with Crippen LogP contribution in [0.25, 0.3) is 0 Å². The van der Waals surface area contributed by atoms with Crippen molar-refractivity contribution in [3.05, 3.63) is 34.9 Å². The maximum Gasteiger partial charge on any atom is 0.434 e. The van der Waals surface area contributed by atoms with E-state index in [0.717, 1.165) is 42.2 Å². The summed E-state index contributed by atoms with van der Waals surface area (Å²) in [6.45, 7) is 1.87. The Labute approximate surface area is 224 Å². The van der Waals surface area contributed by atoms with Gasteiger partial charge in [0.25, 0.3) is 6.10 Å². The third-order valence-electron chi connectivity index (χ3n) is 7.51. The first kappa shape index (κ1) is 33.4. The van der Waals surface area contributed by atoms with E-state index in [0.29, 0.717) is 12.1 Å². The molecule has 226 valence electrons. The van der Waals surface area contributed by atoms with Gasteiger partial charge in [-0.15, -0.1) is 0 Å². The number of carbonyl (C=O) groups is 1. The molecule has 3 rings (SSSR count). The smallest absolute Gasteiger partial charge is 0.426 e. The fourth-order valence-electron chi connectivity index (χ4n) is 5.03. The molecule has 0 atom stereocenters. The first-order valence-electron chi connectivity index (χ1n) is 12.3. The maximum absolute atomic E-state index is 13.3. The molecule has 0 spiro atoms. The second-order valence-corrected chi connectivity index (χ2v) is 10.2. The van der Waals surface area contributed by atoms with E-state index in [9.17, 15) is 44.3 Å². The Bertz CT molecular complexity index is 1020. The molecule has 0 unspecified atom stereocenters. The molecule has 1 aromatic rings. The Balaban J connectivity index is 0.00000178. The molecule has 0 aromatic heterocycles. The minimum Gasteiger partial charge on any atom is -0.426 e. The molecule has 2 fully saturated rings. The highest BCUT2D eigenvalue weighted by Crippen LogP contribution is 2.41. The van der Waals surface area contributed by atoms with Gasteiger partial charge in [0, 0.05) is 25.2 Å². The van der Waals surface area contributed by atoms with Crippen molar-refractivity contribution in [3.8, 4) is 0 Å². The Morgan fingerprint density at radius 3 is 1.98 bits per heavy atom. The van der Waals surface area contributed by atoms with Gasteiger partial charge >= 0.3 is 30.8 Å². The number of hydrogen-bond donors (Lipinski definition) is 0. The average Bonchev–Trinajstić information content (AvgIpc) is 3.36. The maximum atomic E-state index is 13.3. The lowest BCUT2D eigenvalue weighted by Gasteiger charge is -2.45. The third-order valence-corrected chi connectivity index (χ3v) is 7.51. The fraction of sp³-hybridized carbons (Fsp3) is 0.680. The molecule has 1 aliphatic carbocycles. The number of alkyl halides is 9. The first-order valence-corrected chi connectivity index (χ1v) is 12.3. The van der Waals surface area contributed by atoms with Crippen LogP contribution in [0.5, 0.6) is 0 Å². The van der Waals surface area contributed by atoms with Crippen molar-refractivity contribution in [1.82, 2.24) is 9.80 Å². The number of hydrogen-bond acceptors (Lipinski definition) is 5. The number of ether oxygens (including phenoxy) is 1. The lowest BCUT2D eigenvalue weighted by Crippen LogP contribution is -2.54.